The summed E-state index contributed by atoms with van der Waals surface area (Å²) in [6.07, 6.45) is -25.0. The highest BCUT2D eigenvalue weighted by Crippen LogP contribution is 2.59. The van der Waals surface area contributed by atoms with Crippen LogP contribution >= 0.6 is 0 Å². The van der Waals surface area contributed by atoms with Crippen molar-refractivity contribution in [1.82, 2.24) is 0 Å². The molecule has 0 unspecified atom stereocenters. The summed E-state index contributed by atoms with van der Waals surface area (Å²) in [7, 11) is 3.41. The SMILES string of the molecule is CNc1cc(C(c2ccc(O)c(NC(=O)c3cccc(C(=O)Nc4cc(C(c5ccc(O)c(NC(=O)c6c(OC)cccc6OC)c5)(C(F)(F)F)C(F)(F)F)ccc4O)c3)c2)(C(F)(F)F)C(F)(F)F)ccc1O. The van der Waals surface area contributed by atoms with Crippen molar-refractivity contribution in [3.63, 3.8) is 0 Å². The summed E-state index contributed by atoms with van der Waals surface area (Å²) in [4.78, 5) is 40.4. The fourth-order valence-corrected chi connectivity index (χ4v) is 7.99. The predicted octanol–water partition coefficient (Wildman–Crippen LogP) is 11.1. The number of methoxy groups -OCH3 is 2. The van der Waals surface area contributed by atoms with E-state index in [4.69, 9.17) is 9.47 Å². The van der Waals surface area contributed by atoms with Crippen molar-refractivity contribution in [2.75, 3.05) is 42.5 Å². The first kappa shape index (κ1) is 53.8. The normalized spacial score (nSPS) is 12.4. The summed E-state index contributed by atoms with van der Waals surface area (Å²) in [5.41, 5.74) is -21.3. The van der Waals surface area contributed by atoms with Gasteiger partial charge in [0.25, 0.3) is 17.7 Å². The van der Waals surface area contributed by atoms with Crippen molar-refractivity contribution >= 4 is 40.5 Å². The van der Waals surface area contributed by atoms with Crippen LogP contribution in [-0.2, 0) is 10.8 Å². The average molecular weight is 1040 g/mol. The van der Waals surface area contributed by atoms with Gasteiger partial charge in [-0.15, -0.1) is 0 Å². The Kier molecular flexibility index (Phi) is 14.4. The van der Waals surface area contributed by atoms with E-state index in [0.29, 0.717) is 42.5 Å². The van der Waals surface area contributed by atoms with Crippen molar-refractivity contribution in [1.29, 1.82) is 0 Å². The second kappa shape index (κ2) is 19.6. The van der Waals surface area contributed by atoms with Crippen LogP contribution in [0.4, 0.5) is 75.4 Å². The number of benzene rings is 6. The Hall–Kier alpha value is -8.51. The summed E-state index contributed by atoms with van der Waals surface area (Å²) in [6.45, 7) is 0. The molecule has 0 atom stereocenters. The number of carbonyl (C=O) groups excluding carboxylic acids is 3. The van der Waals surface area contributed by atoms with Gasteiger partial charge in [-0.25, -0.2) is 0 Å². The van der Waals surface area contributed by atoms with E-state index < -0.39 is 132 Å². The molecule has 0 aliphatic rings. The Bertz CT molecular complexity index is 3050. The summed E-state index contributed by atoms with van der Waals surface area (Å²) >= 11 is 0. The summed E-state index contributed by atoms with van der Waals surface area (Å²) in [5.74, 6) is -8.08. The number of carbonyl (C=O) groups is 3. The number of hydrogen-bond acceptors (Lipinski definition) is 10. The number of alkyl halides is 12. The van der Waals surface area contributed by atoms with Crippen molar-refractivity contribution in [2.24, 2.45) is 0 Å². The first-order valence-corrected chi connectivity index (χ1v) is 20.5. The summed E-state index contributed by atoms with van der Waals surface area (Å²) in [6, 6.07) is 11.5. The third-order valence-corrected chi connectivity index (χ3v) is 11.5. The number of nitrogens with one attached hydrogen (secondary N) is 4. The van der Waals surface area contributed by atoms with Gasteiger partial charge < -0.3 is 51.2 Å². The van der Waals surface area contributed by atoms with E-state index in [9.17, 15) is 61.2 Å². The molecule has 0 aromatic heterocycles. The predicted molar refractivity (Wildman–Crippen MR) is 238 cm³/mol. The number of aromatic hydroxyl groups is 4. The quantitative estimate of drug-likeness (QED) is 0.0407. The average Bonchev–Trinajstić information content (AvgIpc) is 3.30. The lowest BCUT2D eigenvalue weighted by atomic mass is 9.72. The Balaban J connectivity index is 1.35. The van der Waals surface area contributed by atoms with Crippen molar-refractivity contribution < 1.29 is 97.0 Å². The Labute approximate surface area is 403 Å². The van der Waals surface area contributed by atoms with Crippen LogP contribution in [0.2, 0.25) is 0 Å². The fourth-order valence-electron chi connectivity index (χ4n) is 7.99. The number of rotatable bonds is 13. The monoisotopic (exact) mass is 1040 g/mol. The molecule has 0 aliphatic carbocycles. The molecule has 0 saturated heterocycles. The molecule has 73 heavy (non-hydrogen) atoms. The smallest absolute Gasteiger partial charge is 0.411 e. The number of amides is 3. The number of halogens is 12. The van der Waals surface area contributed by atoms with E-state index in [2.05, 4.69) is 10.6 Å². The largest absolute Gasteiger partial charge is 0.506 e. The van der Waals surface area contributed by atoms with E-state index in [1.54, 1.807) is 0 Å². The molecule has 6 aromatic carbocycles. The van der Waals surface area contributed by atoms with Crippen LogP contribution in [-0.4, -0.2) is 84.1 Å². The number of phenols is 4. The lowest BCUT2D eigenvalue weighted by molar-refractivity contribution is -0.290. The van der Waals surface area contributed by atoms with Gasteiger partial charge in [-0.05, 0) is 101 Å². The molecule has 0 saturated carbocycles. The summed E-state index contributed by atoms with van der Waals surface area (Å²) < 4.78 is 192. The molecule has 0 spiro atoms. The number of ether oxygens (including phenoxy) is 2. The van der Waals surface area contributed by atoms with Crippen LogP contribution in [0.15, 0.2) is 115 Å². The van der Waals surface area contributed by atoms with Gasteiger partial charge in [0.15, 0.2) is 0 Å². The van der Waals surface area contributed by atoms with E-state index >= 15 is 26.3 Å². The molecule has 3 amide bonds. The molecule has 0 radical (unpaired) electrons. The highest BCUT2D eigenvalue weighted by molar-refractivity contribution is 6.10. The summed E-state index contributed by atoms with van der Waals surface area (Å²) in [5, 5.41) is 49.9. The molecule has 6 rings (SSSR count). The highest BCUT2D eigenvalue weighted by Gasteiger charge is 2.74. The minimum Gasteiger partial charge on any atom is -0.506 e. The van der Waals surface area contributed by atoms with Crippen LogP contribution in [0.1, 0.15) is 53.3 Å². The Morgan fingerprint density at radius 3 is 1.00 bits per heavy atom. The van der Waals surface area contributed by atoms with Crippen molar-refractivity contribution in [2.45, 2.75) is 35.5 Å². The van der Waals surface area contributed by atoms with Crippen LogP contribution in [0, 0.1) is 0 Å². The second-order valence-corrected chi connectivity index (χ2v) is 15.6. The maximum atomic E-state index is 15.3. The van der Waals surface area contributed by atoms with Crippen LogP contribution in [0.25, 0.3) is 0 Å². The Morgan fingerprint density at radius 1 is 0.411 bits per heavy atom. The fraction of sp³-hybridized carbons (Fsp3) is 0.188. The molecule has 6 aromatic rings. The standard InChI is InChI=1S/C48H36F12N4O9/c1-61-29-19-25(10-14-33(29)65)43(45(49,50)51,46(52,53)54)26-11-15-34(66)30(20-26)62-40(69)23-6-4-7-24(18-23)41(70)63-31-21-27(12-16-35(31)67)44(47(55,56)57,48(58,59)60)28-13-17-36(68)32(22-28)64-42(71)39-37(72-2)8-5-9-38(39)73-3/h4-22,61,65-68H,1-3H3,(H,62,69)(H,63,70)(H,64,71). The van der Waals surface area contributed by atoms with E-state index in [1.165, 1.54) is 18.2 Å². The minimum atomic E-state index is -6.31. The number of anilines is 4. The van der Waals surface area contributed by atoms with Crippen LogP contribution < -0.4 is 30.7 Å². The molecule has 0 fully saturated rings. The highest BCUT2D eigenvalue weighted by atomic mass is 19.4. The van der Waals surface area contributed by atoms with Gasteiger partial charge in [0.05, 0.1) is 37.0 Å². The van der Waals surface area contributed by atoms with Crippen molar-refractivity contribution in [3.8, 4) is 34.5 Å². The van der Waals surface area contributed by atoms with Crippen LogP contribution in [0.5, 0.6) is 34.5 Å². The lowest BCUT2D eigenvalue weighted by Crippen LogP contribution is -2.54. The van der Waals surface area contributed by atoms with Gasteiger partial charge in [0.2, 0.25) is 10.8 Å². The first-order chi connectivity index (χ1) is 34.0. The lowest BCUT2D eigenvalue weighted by Gasteiger charge is -2.38. The zero-order chi connectivity index (χ0) is 54.2. The van der Waals surface area contributed by atoms with Crippen molar-refractivity contribution in [3.05, 3.63) is 154 Å². The molecule has 8 N–H and O–H groups in total. The molecule has 0 bridgehead atoms. The molecule has 0 heterocycles. The molecular formula is C48H36F12N4O9. The first-order valence-electron chi connectivity index (χ1n) is 20.5. The zero-order valence-electron chi connectivity index (χ0n) is 37.3. The topological polar surface area (TPSA) is 199 Å². The maximum Gasteiger partial charge on any atom is 0.411 e. The van der Waals surface area contributed by atoms with Gasteiger partial charge in [-0.3, -0.25) is 14.4 Å². The molecule has 0 aliphatic heterocycles. The van der Waals surface area contributed by atoms with E-state index in [1.807, 2.05) is 10.6 Å². The van der Waals surface area contributed by atoms with Gasteiger partial charge in [0.1, 0.15) is 40.1 Å². The molecule has 386 valence electrons. The Morgan fingerprint density at radius 2 is 0.699 bits per heavy atom. The number of hydrogen-bond donors (Lipinski definition) is 8. The third-order valence-electron chi connectivity index (χ3n) is 11.5. The van der Waals surface area contributed by atoms with E-state index in [0.717, 1.165) is 45.5 Å². The van der Waals surface area contributed by atoms with Crippen LogP contribution in [0.3, 0.4) is 0 Å². The van der Waals surface area contributed by atoms with Gasteiger partial charge in [0, 0.05) is 18.2 Å². The van der Waals surface area contributed by atoms with E-state index in [-0.39, 0.29) is 47.4 Å². The van der Waals surface area contributed by atoms with Gasteiger partial charge in [-0.2, -0.15) is 52.7 Å². The molecule has 13 nitrogen and oxygen atoms in total. The third kappa shape index (κ3) is 9.68. The number of phenolic OH excluding ortho intramolecular Hbond substituents is 4. The zero-order valence-corrected chi connectivity index (χ0v) is 37.3. The van der Waals surface area contributed by atoms with Gasteiger partial charge in [-0.1, -0.05) is 36.4 Å². The minimum absolute atomic E-state index is 0.130. The molecule has 25 heteroatoms. The second-order valence-electron chi connectivity index (χ2n) is 15.6. The maximum absolute atomic E-state index is 15.3. The molecular weight excluding hydrogens is 1000 g/mol. The van der Waals surface area contributed by atoms with Gasteiger partial charge >= 0.3 is 24.7 Å².